The van der Waals surface area contributed by atoms with E-state index in [-0.39, 0.29) is 19.6 Å². The number of aromatic nitrogens is 2. The zero-order chi connectivity index (χ0) is 18.2. The standard InChI is InChI=1S/C17H21N3O5/c1-3-24-16(21)9-14(10-20(22)23)15-11-19(2)18-17(15)25-12-13-7-5-4-6-8-13/h4-8,11,14H,3,9-10,12H2,1-2H3. The molecule has 1 aromatic heterocycles. The largest absolute Gasteiger partial charge is 0.472 e. The van der Waals surface area contributed by atoms with Crippen LogP contribution in [0.3, 0.4) is 0 Å². The Bertz CT molecular complexity index is 714. The Balaban J connectivity index is 2.18. The number of nitro groups is 1. The first kappa shape index (κ1) is 18.4. The van der Waals surface area contributed by atoms with Crippen molar-refractivity contribution in [1.82, 2.24) is 9.78 Å². The van der Waals surface area contributed by atoms with Gasteiger partial charge in [-0.25, -0.2) is 0 Å². The summed E-state index contributed by atoms with van der Waals surface area (Å²) in [7, 11) is 1.70. The molecule has 1 aromatic carbocycles. The van der Waals surface area contributed by atoms with Crippen molar-refractivity contribution in [2.45, 2.75) is 25.9 Å². The lowest BCUT2D eigenvalue weighted by atomic mass is 9.98. The molecule has 8 nitrogen and oxygen atoms in total. The molecule has 0 N–H and O–H groups in total. The first-order valence-corrected chi connectivity index (χ1v) is 7.97. The van der Waals surface area contributed by atoms with Crippen LogP contribution < -0.4 is 4.74 Å². The molecular weight excluding hydrogens is 326 g/mol. The Morgan fingerprint density at radius 2 is 2.08 bits per heavy atom. The highest BCUT2D eigenvalue weighted by Gasteiger charge is 2.27. The lowest BCUT2D eigenvalue weighted by molar-refractivity contribution is -0.483. The molecular formula is C17H21N3O5. The first-order valence-electron chi connectivity index (χ1n) is 7.97. The third-order valence-electron chi connectivity index (χ3n) is 3.57. The van der Waals surface area contributed by atoms with Gasteiger partial charge in [0.1, 0.15) is 6.61 Å². The van der Waals surface area contributed by atoms with E-state index in [1.54, 1.807) is 20.2 Å². The van der Waals surface area contributed by atoms with Gasteiger partial charge in [0.05, 0.1) is 18.9 Å². The third-order valence-corrected chi connectivity index (χ3v) is 3.57. The van der Waals surface area contributed by atoms with Crippen molar-refractivity contribution in [2.75, 3.05) is 13.2 Å². The van der Waals surface area contributed by atoms with Crippen molar-refractivity contribution < 1.29 is 19.2 Å². The molecule has 0 aliphatic heterocycles. The predicted molar refractivity (Wildman–Crippen MR) is 89.8 cm³/mol. The van der Waals surface area contributed by atoms with Crippen molar-refractivity contribution in [1.29, 1.82) is 0 Å². The van der Waals surface area contributed by atoms with Crippen molar-refractivity contribution >= 4 is 5.97 Å². The van der Waals surface area contributed by atoms with Gasteiger partial charge in [-0.15, -0.1) is 5.10 Å². The molecule has 0 aliphatic rings. The van der Waals surface area contributed by atoms with Crippen molar-refractivity contribution in [3.63, 3.8) is 0 Å². The molecule has 134 valence electrons. The molecule has 1 unspecified atom stereocenters. The van der Waals surface area contributed by atoms with E-state index in [0.29, 0.717) is 11.4 Å². The van der Waals surface area contributed by atoms with Gasteiger partial charge in [0, 0.05) is 23.7 Å². The molecule has 8 heteroatoms. The van der Waals surface area contributed by atoms with E-state index in [9.17, 15) is 14.9 Å². The molecule has 0 amide bonds. The number of hydrogen-bond donors (Lipinski definition) is 0. The van der Waals surface area contributed by atoms with E-state index in [4.69, 9.17) is 9.47 Å². The first-order chi connectivity index (χ1) is 12.0. The molecule has 0 saturated carbocycles. The summed E-state index contributed by atoms with van der Waals surface area (Å²) in [4.78, 5) is 22.4. The van der Waals surface area contributed by atoms with Crippen molar-refractivity contribution in [2.24, 2.45) is 7.05 Å². The second kappa shape index (κ2) is 8.81. The van der Waals surface area contributed by atoms with Crippen LogP contribution in [-0.4, -0.2) is 33.8 Å². The van der Waals surface area contributed by atoms with E-state index in [2.05, 4.69) is 5.10 Å². The summed E-state index contributed by atoms with van der Waals surface area (Å²) < 4.78 is 12.2. The monoisotopic (exact) mass is 347 g/mol. The Labute approximate surface area is 145 Å². The SMILES string of the molecule is CCOC(=O)CC(C[N+](=O)[O-])c1cn(C)nc1OCc1ccccc1. The molecule has 0 aliphatic carbocycles. The van der Waals surface area contributed by atoms with Crippen LogP contribution in [0.2, 0.25) is 0 Å². The van der Waals surface area contributed by atoms with E-state index in [1.807, 2.05) is 30.3 Å². The minimum absolute atomic E-state index is 0.0950. The van der Waals surface area contributed by atoms with Gasteiger partial charge in [-0.3, -0.25) is 19.6 Å². The predicted octanol–water partition coefficient (Wildman–Crippen LogP) is 2.31. The number of aryl methyl sites for hydroxylation is 1. The van der Waals surface area contributed by atoms with E-state index in [1.165, 1.54) is 4.68 Å². The molecule has 1 heterocycles. The lowest BCUT2D eigenvalue weighted by Crippen LogP contribution is -2.18. The van der Waals surface area contributed by atoms with Crippen molar-refractivity contribution in [3.05, 3.63) is 57.8 Å². The normalized spacial score (nSPS) is 11.8. The number of hydrogen-bond acceptors (Lipinski definition) is 6. The molecule has 2 rings (SSSR count). The maximum atomic E-state index is 11.8. The number of benzene rings is 1. The van der Waals surface area contributed by atoms with Crippen molar-refractivity contribution in [3.8, 4) is 5.88 Å². The fourth-order valence-electron chi connectivity index (χ4n) is 2.48. The van der Waals surface area contributed by atoms with E-state index in [0.717, 1.165) is 5.56 Å². The van der Waals surface area contributed by atoms with E-state index < -0.39 is 23.4 Å². The summed E-state index contributed by atoms with van der Waals surface area (Å²) in [6.45, 7) is 1.81. The van der Waals surface area contributed by atoms with Crippen LogP contribution in [0.5, 0.6) is 5.88 Å². The fourth-order valence-corrected chi connectivity index (χ4v) is 2.48. The quantitative estimate of drug-likeness (QED) is 0.392. The Morgan fingerprint density at radius 3 is 2.72 bits per heavy atom. The van der Waals surface area contributed by atoms with Crippen LogP contribution in [0.25, 0.3) is 0 Å². The van der Waals surface area contributed by atoms with Gasteiger partial charge < -0.3 is 9.47 Å². The zero-order valence-electron chi connectivity index (χ0n) is 14.3. The molecule has 0 spiro atoms. The number of carbonyl (C=O) groups is 1. The molecule has 0 fully saturated rings. The minimum Gasteiger partial charge on any atom is -0.472 e. The van der Waals surface area contributed by atoms with Crippen LogP contribution in [0.4, 0.5) is 0 Å². The number of rotatable bonds is 9. The maximum absolute atomic E-state index is 11.8. The van der Waals surface area contributed by atoms with Gasteiger partial charge in [-0.2, -0.15) is 0 Å². The highest BCUT2D eigenvalue weighted by Crippen LogP contribution is 2.29. The average Bonchev–Trinajstić information content (AvgIpc) is 2.94. The van der Waals surface area contributed by atoms with Gasteiger partial charge in [0.2, 0.25) is 12.4 Å². The second-order valence-electron chi connectivity index (χ2n) is 5.56. The van der Waals surface area contributed by atoms with Crippen LogP contribution in [-0.2, 0) is 23.2 Å². The summed E-state index contributed by atoms with van der Waals surface area (Å²) in [5.41, 5.74) is 1.48. The van der Waals surface area contributed by atoms with Gasteiger partial charge in [0.15, 0.2) is 0 Å². The Hall–Kier alpha value is -2.90. The number of nitrogens with zero attached hydrogens (tertiary/aromatic N) is 3. The summed E-state index contributed by atoms with van der Waals surface area (Å²) in [5.74, 6) is -0.844. The fraction of sp³-hybridized carbons (Fsp3) is 0.412. The molecule has 0 bridgehead atoms. The summed E-state index contributed by atoms with van der Waals surface area (Å²) >= 11 is 0. The number of esters is 1. The van der Waals surface area contributed by atoms with Crippen LogP contribution >= 0.6 is 0 Å². The topological polar surface area (TPSA) is 96.5 Å². The summed E-state index contributed by atoms with van der Waals surface area (Å²) in [5, 5.41) is 15.2. The van der Waals surface area contributed by atoms with Crippen LogP contribution in [0.1, 0.15) is 30.4 Å². The maximum Gasteiger partial charge on any atom is 0.306 e. The van der Waals surface area contributed by atoms with E-state index >= 15 is 0 Å². The minimum atomic E-state index is -0.659. The van der Waals surface area contributed by atoms with Gasteiger partial charge >= 0.3 is 5.97 Å². The highest BCUT2D eigenvalue weighted by atomic mass is 16.6. The highest BCUT2D eigenvalue weighted by molar-refractivity contribution is 5.70. The number of ether oxygens (including phenoxy) is 2. The summed E-state index contributed by atoms with van der Waals surface area (Å²) in [6.07, 6.45) is 1.55. The Morgan fingerprint density at radius 1 is 1.36 bits per heavy atom. The van der Waals surface area contributed by atoms with Gasteiger partial charge in [-0.1, -0.05) is 30.3 Å². The third kappa shape index (κ3) is 5.59. The molecule has 0 radical (unpaired) electrons. The molecule has 0 saturated heterocycles. The Kier molecular flexibility index (Phi) is 6.50. The second-order valence-corrected chi connectivity index (χ2v) is 5.56. The molecule has 25 heavy (non-hydrogen) atoms. The van der Waals surface area contributed by atoms with Crippen LogP contribution in [0.15, 0.2) is 36.5 Å². The van der Waals surface area contributed by atoms with Gasteiger partial charge in [0.25, 0.3) is 0 Å². The van der Waals surface area contributed by atoms with Gasteiger partial charge in [-0.05, 0) is 12.5 Å². The zero-order valence-corrected chi connectivity index (χ0v) is 14.3. The smallest absolute Gasteiger partial charge is 0.306 e. The lowest BCUT2D eigenvalue weighted by Gasteiger charge is -2.12. The van der Waals surface area contributed by atoms with Crippen LogP contribution in [0, 0.1) is 10.1 Å². The summed E-state index contributed by atoms with van der Waals surface area (Å²) in [6, 6.07) is 9.52. The molecule has 2 aromatic rings. The average molecular weight is 347 g/mol. The molecule has 1 atom stereocenters. The number of carbonyl (C=O) groups excluding carboxylic acids is 1.